The average molecular weight is 486 g/mol. The van der Waals surface area contributed by atoms with Crippen LogP contribution >= 0.6 is 0 Å². The Morgan fingerprint density at radius 2 is 1.51 bits per heavy atom. The lowest BCUT2D eigenvalue weighted by molar-refractivity contribution is 0.0240. The van der Waals surface area contributed by atoms with Crippen LogP contribution in [-0.4, -0.2) is 69.1 Å². The maximum Gasteiger partial charge on any atom is 0.410 e. The Hall–Kier alpha value is -1.95. The number of carbonyl (C=O) groups excluding carboxylic acids is 1. The number of hydrogen-bond donors (Lipinski definition) is 0. The number of nitrogens with zero attached hydrogens (tertiary/aromatic N) is 3. The third kappa shape index (κ3) is 6.63. The minimum Gasteiger partial charge on any atom is -0.444 e. The van der Waals surface area contributed by atoms with Crippen LogP contribution in [0.4, 0.5) is 16.2 Å². The van der Waals surface area contributed by atoms with E-state index in [0.29, 0.717) is 29.8 Å². The highest BCUT2D eigenvalue weighted by molar-refractivity contribution is 5.69. The lowest BCUT2D eigenvalue weighted by atomic mass is 9.60. The van der Waals surface area contributed by atoms with Gasteiger partial charge >= 0.3 is 6.09 Å². The van der Waals surface area contributed by atoms with Crippen LogP contribution in [-0.2, 0) is 9.47 Å². The molecule has 2 aliphatic heterocycles. The van der Waals surface area contributed by atoms with E-state index in [1.54, 1.807) is 0 Å². The summed E-state index contributed by atoms with van der Waals surface area (Å²) in [5.41, 5.74) is 4.33. The number of amides is 1. The van der Waals surface area contributed by atoms with Gasteiger partial charge < -0.3 is 24.2 Å². The molecule has 1 aromatic carbocycles. The van der Waals surface area contributed by atoms with E-state index in [-0.39, 0.29) is 6.09 Å². The van der Waals surface area contributed by atoms with Crippen LogP contribution in [0, 0.1) is 10.8 Å². The van der Waals surface area contributed by atoms with Gasteiger partial charge in [-0.25, -0.2) is 4.79 Å². The molecule has 0 unspecified atom stereocenters. The minimum atomic E-state index is -0.464. The Bertz CT molecular complexity index is 875. The van der Waals surface area contributed by atoms with Crippen molar-refractivity contribution >= 4 is 17.5 Å². The molecule has 0 spiro atoms. The molecule has 0 bridgehead atoms. The fourth-order valence-electron chi connectivity index (χ4n) is 6.69. The second-order valence-electron chi connectivity index (χ2n) is 13.4. The van der Waals surface area contributed by atoms with E-state index in [2.05, 4.69) is 55.7 Å². The zero-order valence-corrected chi connectivity index (χ0v) is 23.2. The van der Waals surface area contributed by atoms with Crippen molar-refractivity contribution in [1.82, 2.24) is 4.90 Å². The standard InChI is InChI=1S/C29H47N3O3/c1-27(2,3)35-26(33)32-12-10-31(11-13-32)25-18-23(30-14-16-34-17-15-30)8-9-24(25)22-19-28(4,5)21-29(6,7)20-22/h8-9,18,22H,10-17,19-21H2,1-7H3. The van der Waals surface area contributed by atoms with Crippen molar-refractivity contribution in [3.8, 4) is 0 Å². The molecular formula is C29H47N3O3. The van der Waals surface area contributed by atoms with Crippen LogP contribution in [0.1, 0.15) is 79.2 Å². The van der Waals surface area contributed by atoms with Crippen LogP contribution in [0.5, 0.6) is 0 Å². The van der Waals surface area contributed by atoms with Crippen molar-refractivity contribution in [2.75, 3.05) is 62.3 Å². The normalized spacial score (nSPS) is 23.3. The predicted molar refractivity (Wildman–Crippen MR) is 144 cm³/mol. The number of carbonyl (C=O) groups is 1. The summed E-state index contributed by atoms with van der Waals surface area (Å²) in [5.74, 6) is 0.548. The van der Waals surface area contributed by atoms with Gasteiger partial charge in [-0.1, -0.05) is 33.8 Å². The first kappa shape index (κ1) is 26.1. The molecule has 3 aliphatic rings. The van der Waals surface area contributed by atoms with Crippen molar-refractivity contribution in [2.45, 2.75) is 79.2 Å². The Kier molecular flexibility index (Phi) is 7.34. The van der Waals surface area contributed by atoms with E-state index >= 15 is 0 Å². The number of rotatable bonds is 3. The predicted octanol–water partition coefficient (Wildman–Crippen LogP) is 5.90. The van der Waals surface area contributed by atoms with Gasteiger partial charge in [-0.3, -0.25) is 0 Å². The molecule has 2 saturated heterocycles. The molecular weight excluding hydrogens is 438 g/mol. The van der Waals surface area contributed by atoms with Crippen LogP contribution in [0.15, 0.2) is 18.2 Å². The van der Waals surface area contributed by atoms with Gasteiger partial charge in [0.1, 0.15) is 5.60 Å². The Morgan fingerprint density at radius 1 is 0.914 bits per heavy atom. The number of piperazine rings is 1. The quantitative estimate of drug-likeness (QED) is 0.533. The van der Waals surface area contributed by atoms with Crippen LogP contribution in [0.3, 0.4) is 0 Å². The van der Waals surface area contributed by atoms with E-state index in [4.69, 9.17) is 9.47 Å². The van der Waals surface area contributed by atoms with E-state index in [1.807, 2.05) is 25.7 Å². The summed E-state index contributed by atoms with van der Waals surface area (Å²) in [6.45, 7) is 22.0. The summed E-state index contributed by atoms with van der Waals surface area (Å²) < 4.78 is 11.2. The van der Waals surface area contributed by atoms with Crippen molar-refractivity contribution < 1.29 is 14.3 Å². The van der Waals surface area contributed by atoms with Crippen LogP contribution in [0.2, 0.25) is 0 Å². The van der Waals surface area contributed by atoms with Crippen LogP contribution in [0.25, 0.3) is 0 Å². The summed E-state index contributed by atoms with van der Waals surface area (Å²) in [6.07, 6.45) is 3.51. The maximum atomic E-state index is 12.6. The van der Waals surface area contributed by atoms with Crippen LogP contribution < -0.4 is 9.80 Å². The van der Waals surface area contributed by atoms with E-state index < -0.39 is 5.60 Å². The van der Waals surface area contributed by atoms with E-state index in [1.165, 1.54) is 36.2 Å². The second-order valence-corrected chi connectivity index (χ2v) is 13.4. The number of morpholine rings is 1. The Labute approximate surface area is 212 Å². The highest BCUT2D eigenvalue weighted by atomic mass is 16.6. The first-order valence-corrected chi connectivity index (χ1v) is 13.5. The second kappa shape index (κ2) is 9.84. The number of benzene rings is 1. The van der Waals surface area contributed by atoms with E-state index in [0.717, 1.165) is 39.4 Å². The van der Waals surface area contributed by atoms with Crippen molar-refractivity contribution in [1.29, 1.82) is 0 Å². The monoisotopic (exact) mass is 485 g/mol. The fraction of sp³-hybridized carbons (Fsp3) is 0.759. The molecule has 0 aromatic heterocycles. The number of anilines is 2. The maximum absolute atomic E-state index is 12.6. The highest BCUT2D eigenvalue weighted by Gasteiger charge is 2.40. The smallest absolute Gasteiger partial charge is 0.410 e. The van der Waals surface area contributed by atoms with Gasteiger partial charge in [0.15, 0.2) is 0 Å². The summed E-state index contributed by atoms with van der Waals surface area (Å²) in [5, 5.41) is 0. The molecule has 1 amide bonds. The molecule has 0 N–H and O–H groups in total. The van der Waals surface area contributed by atoms with Gasteiger partial charge in [0.2, 0.25) is 0 Å². The van der Waals surface area contributed by atoms with Gasteiger partial charge in [0.05, 0.1) is 13.2 Å². The SMILES string of the molecule is CC1(C)CC(c2ccc(N3CCOCC3)cc2N2CCN(C(=O)OC(C)(C)C)CC2)CC(C)(C)C1. The zero-order valence-electron chi connectivity index (χ0n) is 23.2. The van der Waals surface area contributed by atoms with Gasteiger partial charge in [-0.15, -0.1) is 0 Å². The van der Waals surface area contributed by atoms with Crippen molar-refractivity contribution in [2.24, 2.45) is 10.8 Å². The average Bonchev–Trinajstić information content (AvgIpc) is 2.76. The number of ether oxygens (including phenoxy) is 2. The highest BCUT2D eigenvalue weighted by Crippen LogP contribution is 2.53. The summed E-state index contributed by atoms with van der Waals surface area (Å²) in [7, 11) is 0. The topological polar surface area (TPSA) is 45.2 Å². The van der Waals surface area contributed by atoms with Crippen molar-refractivity contribution in [3.05, 3.63) is 23.8 Å². The molecule has 1 aliphatic carbocycles. The third-order valence-electron chi connectivity index (χ3n) is 7.66. The molecule has 6 nitrogen and oxygen atoms in total. The Balaban J connectivity index is 1.59. The lowest BCUT2D eigenvalue weighted by Crippen LogP contribution is -2.50. The van der Waals surface area contributed by atoms with Gasteiger partial charge in [-0.05, 0) is 74.5 Å². The lowest BCUT2D eigenvalue weighted by Gasteiger charge is -2.46. The van der Waals surface area contributed by atoms with Crippen molar-refractivity contribution in [3.63, 3.8) is 0 Å². The van der Waals surface area contributed by atoms with Gasteiger partial charge in [0.25, 0.3) is 0 Å². The third-order valence-corrected chi connectivity index (χ3v) is 7.66. The molecule has 0 atom stereocenters. The summed E-state index contributed by atoms with van der Waals surface area (Å²) in [4.78, 5) is 19.5. The zero-order chi connectivity index (χ0) is 25.4. The molecule has 6 heteroatoms. The molecule has 3 fully saturated rings. The summed E-state index contributed by atoms with van der Waals surface area (Å²) in [6, 6.07) is 7.15. The van der Waals surface area contributed by atoms with Gasteiger partial charge in [0, 0.05) is 50.6 Å². The molecule has 2 heterocycles. The molecule has 0 radical (unpaired) electrons. The number of hydrogen-bond acceptors (Lipinski definition) is 5. The Morgan fingerprint density at radius 3 is 2.09 bits per heavy atom. The molecule has 196 valence electrons. The summed E-state index contributed by atoms with van der Waals surface area (Å²) >= 11 is 0. The van der Waals surface area contributed by atoms with E-state index in [9.17, 15) is 4.79 Å². The molecule has 1 aromatic rings. The molecule has 1 saturated carbocycles. The first-order valence-electron chi connectivity index (χ1n) is 13.5. The molecule has 35 heavy (non-hydrogen) atoms. The van der Waals surface area contributed by atoms with Gasteiger partial charge in [-0.2, -0.15) is 0 Å². The minimum absolute atomic E-state index is 0.199. The largest absolute Gasteiger partial charge is 0.444 e. The first-order chi connectivity index (χ1) is 16.3. The fourth-order valence-corrected chi connectivity index (χ4v) is 6.69. The molecule has 4 rings (SSSR count).